The van der Waals surface area contributed by atoms with Crippen LogP contribution < -0.4 is 5.32 Å². The normalized spacial score (nSPS) is 19.8. The van der Waals surface area contributed by atoms with Gasteiger partial charge in [0.2, 0.25) is 0 Å². The Kier molecular flexibility index (Phi) is 5.03. The van der Waals surface area contributed by atoms with Crippen LogP contribution in [0.5, 0.6) is 0 Å². The molecule has 1 rings (SSSR count). The third-order valence-electron chi connectivity index (χ3n) is 3.48. The molecule has 3 nitrogen and oxygen atoms in total. The van der Waals surface area contributed by atoms with E-state index < -0.39 is 0 Å². The van der Waals surface area contributed by atoms with Crippen LogP contribution >= 0.6 is 0 Å². The van der Waals surface area contributed by atoms with Crippen LogP contribution in [-0.2, 0) is 4.74 Å². The van der Waals surface area contributed by atoms with Gasteiger partial charge in [-0.25, -0.2) is 0 Å². The molecule has 1 N–H and O–H groups in total. The average molecular weight is 214 g/mol. The number of nitrogens with zero attached hydrogens (tertiary/aromatic N) is 1. The lowest BCUT2D eigenvalue weighted by Crippen LogP contribution is -2.43. The van der Waals surface area contributed by atoms with Crippen LogP contribution in [0.4, 0.5) is 0 Å². The van der Waals surface area contributed by atoms with Crippen LogP contribution in [-0.4, -0.2) is 50.8 Å². The molecule has 0 aromatic heterocycles. The van der Waals surface area contributed by atoms with E-state index in [0.29, 0.717) is 0 Å². The molecule has 90 valence electrons. The van der Waals surface area contributed by atoms with E-state index >= 15 is 0 Å². The average Bonchev–Trinajstić information content (AvgIpc) is 2.19. The molecule has 1 aliphatic rings. The molecule has 0 spiro atoms. The maximum absolute atomic E-state index is 5.83. The van der Waals surface area contributed by atoms with Crippen molar-refractivity contribution in [1.82, 2.24) is 10.2 Å². The Labute approximate surface area is 94.2 Å². The minimum absolute atomic E-state index is 0.146. The van der Waals surface area contributed by atoms with Gasteiger partial charge >= 0.3 is 0 Å². The Balaban J connectivity index is 2.14. The SMILES string of the molecule is CN(C)C(C)(C)COCC1CCNCC1. The second kappa shape index (κ2) is 5.83. The van der Waals surface area contributed by atoms with Crippen molar-refractivity contribution in [1.29, 1.82) is 0 Å². The maximum Gasteiger partial charge on any atom is 0.0644 e. The molecule has 0 unspecified atom stereocenters. The van der Waals surface area contributed by atoms with E-state index in [4.69, 9.17) is 4.74 Å². The third-order valence-corrected chi connectivity index (χ3v) is 3.48. The molecule has 0 aromatic rings. The highest BCUT2D eigenvalue weighted by Crippen LogP contribution is 2.15. The van der Waals surface area contributed by atoms with E-state index in [0.717, 1.165) is 32.2 Å². The van der Waals surface area contributed by atoms with Gasteiger partial charge in [-0.15, -0.1) is 0 Å². The fourth-order valence-electron chi connectivity index (χ4n) is 1.65. The van der Waals surface area contributed by atoms with E-state index in [1.807, 2.05) is 0 Å². The number of rotatable bonds is 5. The van der Waals surface area contributed by atoms with Gasteiger partial charge in [0, 0.05) is 12.1 Å². The van der Waals surface area contributed by atoms with E-state index in [-0.39, 0.29) is 5.54 Å². The predicted octanol–water partition coefficient (Wildman–Crippen LogP) is 1.34. The van der Waals surface area contributed by atoms with Gasteiger partial charge in [0.1, 0.15) is 0 Å². The van der Waals surface area contributed by atoms with Crippen LogP contribution in [0.15, 0.2) is 0 Å². The van der Waals surface area contributed by atoms with Crippen molar-refractivity contribution in [2.75, 3.05) is 40.4 Å². The summed E-state index contributed by atoms with van der Waals surface area (Å²) < 4.78 is 5.83. The zero-order valence-electron chi connectivity index (χ0n) is 10.7. The lowest BCUT2D eigenvalue weighted by atomic mass is 9.99. The molecular formula is C12H26N2O. The molecule has 1 heterocycles. The zero-order valence-corrected chi connectivity index (χ0v) is 10.7. The minimum Gasteiger partial charge on any atom is -0.379 e. The van der Waals surface area contributed by atoms with Crippen LogP contribution in [0.2, 0.25) is 0 Å². The van der Waals surface area contributed by atoms with Crippen molar-refractivity contribution >= 4 is 0 Å². The largest absolute Gasteiger partial charge is 0.379 e. The molecule has 0 amide bonds. The highest BCUT2D eigenvalue weighted by Gasteiger charge is 2.21. The molecule has 1 aliphatic heterocycles. The lowest BCUT2D eigenvalue weighted by molar-refractivity contribution is 0.0151. The molecular weight excluding hydrogens is 188 g/mol. The van der Waals surface area contributed by atoms with E-state index in [1.54, 1.807) is 0 Å². The van der Waals surface area contributed by atoms with Gasteiger partial charge in [-0.05, 0) is 59.8 Å². The number of ether oxygens (including phenoxy) is 1. The van der Waals surface area contributed by atoms with Gasteiger partial charge in [-0.2, -0.15) is 0 Å². The summed E-state index contributed by atoms with van der Waals surface area (Å²) in [6.45, 7) is 8.50. The number of nitrogens with one attached hydrogen (secondary N) is 1. The smallest absolute Gasteiger partial charge is 0.0644 e. The number of likely N-dealkylation sites (N-methyl/N-ethyl adjacent to an activating group) is 1. The predicted molar refractivity (Wildman–Crippen MR) is 64.2 cm³/mol. The molecule has 0 bridgehead atoms. The minimum atomic E-state index is 0.146. The first-order valence-corrected chi connectivity index (χ1v) is 5.98. The van der Waals surface area contributed by atoms with Gasteiger partial charge in [0.25, 0.3) is 0 Å². The Morgan fingerprint density at radius 1 is 1.27 bits per heavy atom. The molecule has 0 saturated carbocycles. The second-order valence-corrected chi connectivity index (χ2v) is 5.42. The van der Waals surface area contributed by atoms with Crippen molar-refractivity contribution < 1.29 is 4.74 Å². The monoisotopic (exact) mass is 214 g/mol. The Morgan fingerprint density at radius 2 is 1.87 bits per heavy atom. The molecule has 1 saturated heterocycles. The van der Waals surface area contributed by atoms with Crippen molar-refractivity contribution in [3.8, 4) is 0 Å². The molecule has 0 atom stereocenters. The summed E-state index contributed by atoms with van der Waals surface area (Å²) in [6, 6.07) is 0. The van der Waals surface area contributed by atoms with E-state index in [1.165, 1.54) is 12.8 Å². The first-order chi connectivity index (χ1) is 7.02. The van der Waals surface area contributed by atoms with Crippen LogP contribution in [0, 0.1) is 5.92 Å². The first-order valence-electron chi connectivity index (χ1n) is 5.98. The molecule has 1 fully saturated rings. The van der Waals surface area contributed by atoms with Crippen molar-refractivity contribution in [3.05, 3.63) is 0 Å². The number of hydrogen-bond acceptors (Lipinski definition) is 3. The summed E-state index contributed by atoms with van der Waals surface area (Å²) in [7, 11) is 4.21. The van der Waals surface area contributed by atoms with Crippen molar-refractivity contribution in [2.45, 2.75) is 32.2 Å². The maximum atomic E-state index is 5.83. The van der Waals surface area contributed by atoms with Crippen LogP contribution in [0.25, 0.3) is 0 Å². The first kappa shape index (κ1) is 12.9. The Morgan fingerprint density at radius 3 is 2.40 bits per heavy atom. The Bertz CT molecular complexity index is 174. The Hall–Kier alpha value is -0.120. The molecule has 0 aromatic carbocycles. The van der Waals surface area contributed by atoms with Crippen LogP contribution in [0.3, 0.4) is 0 Å². The fourth-order valence-corrected chi connectivity index (χ4v) is 1.65. The molecule has 15 heavy (non-hydrogen) atoms. The quantitative estimate of drug-likeness (QED) is 0.747. The van der Waals surface area contributed by atoms with Gasteiger partial charge in [-0.1, -0.05) is 0 Å². The van der Waals surface area contributed by atoms with Gasteiger partial charge < -0.3 is 15.0 Å². The molecule has 0 radical (unpaired) electrons. The summed E-state index contributed by atoms with van der Waals surface area (Å²) >= 11 is 0. The summed E-state index contributed by atoms with van der Waals surface area (Å²) in [5.74, 6) is 0.768. The van der Waals surface area contributed by atoms with Crippen LogP contribution in [0.1, 0.15) is 26.7 Å². The fraction of sp³-hybridized carbons (Fsp3) is 1.00. The van der Waals surface area contributed by atoms with Gasteiger partial charge in [0.05, 0.1) is 6.61 Å². The summed E-state index contributed by atoms with van der Waals surface area (Å²) in [5, 5.41) is 3.38. The highest BCUT2D eigenvalue weighted by molar-refractivity contribution is 4.76. The standard InChI is InChI=1S/C12H26N2O/c1-12(2,14(3)4)10-15-9-11-5-7-13-8-6-11/h11,13H,5-10H2,1-4H3. The van der Waals surface area contributed by atoms with E-state index in [2.05, 4.69) is 38.2 Å². The van der Waals surface area contributed by atoms with Crippen molar-refractivity contribution in [3.63, 3.8) is 0 Å². The lowest BCUT2D eigenvalue weighted by Gasteiger charge is -2.33. The molecule has 0 aliphatic carbocycles. The number of hydrogen-bond donors (Lipinski definition) is 1. The highest BCUT2D eigenvalue weighted by atomic mass is 16.5. The molecule has 3 heteroatoms. The van der Waals surface area contributed by atoms with Gasteiger partial charge in [-0.3, -0.25) is 0 Å². The summed E-state index contributed by atoms with van der Waals surface area (Å²) in [6.07, 6.45) is 2.53. The summed E-state index contributed by atoms with van der Waals surface area (Å²) in [4.78, 5) is 2.22. The topological polar surface area (TPSA) is 24.5 Å². The number of piperidine rings is 1. The second-order valence-electron chi connectivity index (χ2n) is 5.42. The van der Waals surface area contributed by atoms with E-state index in [9.17, 15) is 0 Å². The van der Waals surface area contributed by atoms with Crippen molar-refractivity contribution in [2.24, 2.45) is 5.92 Å². The third kappa shape index (κ3) is 4.49. The summed E-state index contributed by atoms with van der Waals surface area (Å²) in [5.41, 5.74) is 0.146. The van der Waals surface area contributed by atoms with Gasteiger partial charge in [0.15, 0.2) is 0 Å². The zero-order chi connectivity index (χ0) is 11.3.